The fourth-order valence-corrected chi connectivity index (χ4v) is 2.45. The van der Waals surface area contributed by atoms with Gasteiger partial charge in [0.1, 0.15) is 17.3 Å². The molecule has 0 aliphatic carbocycles. The zero-order valence-corrected chi connectivity index (χ0v) is 11.8. The van der Waals surface area contributed by atoms with Crippen molar-refractivity contribution in [2.24, 2.45) is 5.92 Å². The third-order valence-corrected chi connectivity index (χ3v) is 3.58. The Kier molecular flexibility index (Phi) is 3.97. The van der Waals surface area contributed by atoms with Crippen LogP contribution in [0.4, 0.5) is 0 Å². The van der Waals surface area contributed by atoms with Crippen LogP contribution < -0.4 is 4.74 Å². The van der Waals surface area contributed by atoms with Crippen molar-refractivity contribution in [2.45, 2.75) is 25.9 Å². The SMILES string of the molecule is CCOC(=O)[C@H]1CC(=O)O[C@@]1(C)c1cccc(OC)c1. The predicted molar refractivity (Wildman–Crippen MR) is 71.2 cm³/mol. The summed E-state index contributed by atoms with van der Waals surface area (Å²) in [4.78, 5) is 23.7. The molecule has 0 spiro atoms. The Hall–Kier alpha value is -2.04. The van der Waals surface area contributed by atoms with Gasteiger partial charge in [-0.15, -0.1) is 0 Å². The molecule has 1 aromatic rings. The van der Waals surface area contributed by atoms with E-state index in [0.29, 0.717) is 5.75 Å². The number of rotatable bonds is 4. The first-order chi connectivity index (χ1) is 9.51. The molecular weight excluding hydrogens is 260 g/mol. The minimum Gasteiger partial charge on any atom is -0.497 e. The van der Waals surface area contributed by atoms with Crippen molar-refractivity contribution >= 4 is 11.9 Å². The normalized spacial score (nSPS) is 25.1. The molecule has 2 atom stereocenters. The van der Waals surface area contributed by atoms with Gasteiger partial charge in [0.15, 0.2) is 0 Å². The van der Waals surface area contributed by atoms with E-state index in [1.807, 2.05) is 6.07 Å². The number of esters is 2. The van der Waals surface area contributed by atoms with E-state index in [-0.39, 0.29) is 13.0 Å². The number of cyclic esters (lactones) is 1. The van der Waals surface area contributed by atoms with Gasteiger partial charge in [-0.1, -0.05) is 12.1 Å². The van der Waals surface area contributed by atoms with E-state index in [1.54, 1.807) is 39.2 Å². The molecule has 0 aromatic heterocycles. The molecule has 20 heavy (non-hydrogen) atoms. The number of carbonyl (C=O) groups excluding carboxylic acids is 2. The lowest BCUT2D eigenvalue weighted by molar-refractivity contribution is -0.157. The highest BCUT2D eigenvalue weighted by atomic mass is 16.6. The summed E-state index contributed by atoms with van der Waals surface area (Å²) < 4.78 is 15.6. The van der Waals surface area contributed by atoms with Crippen LogP contribution in [0.1, 0.15) is 25.8 Å². The van der Waals surface area contributed by atoms with Crippen LogP contribution in [0.25, 0.3) is 0 Å². The standard InChI is InChI=1S/C15H18O5/c1-4-19-14(17)12-9-13(16)20-15(12,2)10-6-5-7-11(8-10)18-3/h5-8,12H,4,9H2,1-3H3/t12-,15+/m1/s1. The van der Waals surface area contributed by atoms with Crippen molar-refractivity contribution in [2.75, 3.05) is 13.7 Å². The van der Waals surface area contributed by atoms with Crippen LogP contribution in [0.15, 0.2) is 24.3 Å². The van der Waals surface area contributed by atoms with Crippen molar-refractivity contribution in [1.29, 1.82) is 0 Å². The molecule has 0 amide bonds. The molecule has 0 bridgehead atoms. The van der Waals surface area contributed by atoms with Gasteiger partial charge in [0.05, 0.1) is 20.1 Å². The third-order valence-electron chi connectivity index (χ3n) is 3.58. The van der Waals surface area contributed by atoms with E-state index in [9.17, 15) is 9.59 Å². The average molecular weight is 278 g/mol. The Morgan fingerprint density at radius 2 is 2.25 bits per heavy atom. The minimum atomic E-state index is -1.02. The van der Waals surface area contributed by atoms with Gasteiger partial charge in [0.2, 0.25) is 0 Å². The maximum atomic E-state index is 12.0. The van der Waals surface area contributed by atoms with Crippen molar-refractivity contribution in [3.63, 3.8) is 0 Å². The van der Waals surface area contributed by atoms with Crippen LogP contribution in [0.5, 0.6) is 5.75 Å². The smallest absolute Gasteiger partial charge is 0.313 e. The summed E-state index contributed by atoms with van der Waals surface area (Å²) in [6, 6.07) is 7.18. The monoisotopic (exact) mass is 278 g/mol. The molecule has 1 saturated heterocycles. The lowest BCUT2D eigenvalue weighted by atomic mass is 9.83. The van der Waals surface area contributed by atoms with E-state index < -0.39 is 23.5 Å². The zero-order chi connectivity index (χ0) is 14.8. The van der Waals surface area contributed by atoms with Crippen LogP contribution in [0, 0.1) is 5.92 Å². The van der Waals surface area contributed by atoms with Crippen LogP contribution in [0.3, 0.4) is 0 Å². The van der Waals surface area contributed by atoms with Crippen molar-refractivity contribution in [3.8, 4) is 5.75 Å². The number of carbonyl (C=O) groups is 2. The molecule has 1 fully saturated rings. The molecule has 0 saturated carbocycles. The molecule has 0 radical (unpaired) electrons. The lowest BCUT2D eigenvalue weighted by Gasteiger charge is -2.28. The topological polar surface area (TPSA) is 61.8 Å². The lowest BCUT2D eigenvalue weighted by Crippen LogP contribution is -2.35. The summed E-state index contributed by atoms with van der Waals surface area (Å²) in [5.74, 6) is -0.798. The number of hydrogen-bond donors (Lipinski definition) is 0. The highest BCUT2D eigenvalue weighted by molar-refractivity contribution is 5.85. The zero-order valence-electron chi connectivity index (χ0n) is 11.8. The summed E-state index contributed by atoms with van der Waals surface area (Å²) in [5, 5.41) is 0. The fourth-order valence-electron chi connectivity index (χ4n) is 2.45. The van der Waals surface area contributed by atoms with Crippen molar-refractivity contribution in [1.82, 2.24) is 0 Å². The molecule has 5 heteroatoms. The van der Waals surface area contributed by atoms with E-state index in [4.69, 9.17) is 14.2 Å². The molecule has 0 N–H and O–H groups in total. The highest BCUT2D eigenvalue weighted by Crippen LogP contribution is 2.43. The van der Waals surface area contributed by atoms with Crippen LogP contribution >= 0.6 is 0 Å². The second-order valence-electron chi connectivity index (χ2n) is 4.82. The highest BCUT2D eigenvalue weighted by Gasteiger charge is 2.51. The molecule has 2 rings (SSSR count). The predicted octanol–water partition coefficient (Wildman–Crippen LogP) is 2.04. The largest absolute Gasteiger partial charge is 0.497 e. The van der Waals surface area contributed by atoms with Gasteiger partial charge in [-0.25, -0.2) is 0 Å². The van der Waals surface area contributed by atoms with Gasteiger partial charge in [0, 0.05) is 0 Å². The minimum absolute atomic E-state index is 0.0343. The van der Waals surface area contributed by atoms with E-state index >= 15 is 0 Å². The maximum absolute atomic E-state index is 12.0. The van der Waals surface area contributed by atoms with Gasteiger partial charge in [0.25, 0.3) is 0 Å². The van der Waals surface area contributed by atoms with Crippen molar-refractivity contribution < 1.29 is 23.8 Å². The number of ether oxygens (including phenoxy) is 3. The quantitative estimate of drug-likeness (QED) is 0.789. The molecule has 0 unspecified atom stereocenters. The number of hydrogen-bond acceptors (Lipinski definition) is 5. The Morgan fingerprint density at radius 3 is 2.90 bits per heavy atom. The van der Waals surface area contributed by atoms with Gasteiger partial charge in [-0.2, -0.15) is 0 Å². The first-order valence-electron chi connectivity index (χ1n) is 6.54. The van der Waals surface area contributed by atoms with Gasteiger partial charge >= 0.3 is 11.9 Å². The first-order valence-corrected chi connectivity index (χ1v) is 6.54. The van der Waals surface area contributed by atoms with E-state index in [2.05, 4.69) is 0 Å². The molecule has 1 heterocycles. The van der Waals surface area contributed by atoms with Gasteiger partial charge in [-0.3, -0.25) is 9.59 Å². The van der Waals surface area contributed by atoms with E-state index in [0.717, 1.165) is 5.56 Å². The van der Waals surface area contributed by atoms with Crippen LogP contribution in [0.2, 0.25) is 0 Å². The second kappa shape index (κ2) is 5.53. The average Bonchev–Trinajstić information content (AvgIpc) is 2.76. The molecule has 108 valence electrons. The maximum Gasteiger partial charge on any atom is 0.313 e. The third kappa shape index (κ3) is 2.48. The van der Waals surface area contributed by atoms with Gasteiger partial charge in [-0.05, 0) is 31.5 Å². The van der Waals surface area contributed by atoms with Crippen LogP contribution in [-0.4, -0.2) is 25.7 Å². The second-order valence-corrected chi connectivity index (χ2v) is 4.82. The molecule has 1 aromatic carbocycles. The summed E-state index contributed by atoms with van der Waals surface area (Å²) in [6.07, 6.45) is 0.0343. The van der Waals surface area contributed by atoms with E-state index in [1.165, 1.54) is 0 Å². The summed E-state index contributed by atoms with van der Waals surface area (Å²) in [7, 11) is 1.56. The molecular formula is C15H18O5. The van der Waals surface area contributed by atoms with Gasteiger partial charge < -0.3 is 14.2 Å². The Morgan fingerprint density at radius 1 is 1.50 bits per heavy atom. The summed E-state index contributed by atoms with van der Waals surface area (Å²) in [6.45, 7) is 3.74. The molecule has 1 aliphatic heterocycles. The fraction of sp³-hybridized carbons (Fsp3) is 0.467. The number of benzene rings is 1. The first kappa shape index (κ1) is 14.4. The van der Waals surface area contributed by atoms with Crippen LogP contribution in [-0.2, 0) is 24.7 Å². The van der Waals surface area contributed by atoms with Crippen molar-refractivity contribution in [3.05, 3.63) is 29.8 Å². The molecule has 5 nitrogen and oxygen atoms in total. The Balaban J connectivity index is 2.38. The number of methoxy groups -OCH3 is 1. The Labute approximate surface area is 117 Å². The molecule has 1 aliphatic rings. The Bertz CT molecular complexity index is 525. The summed E-state index contributed by atoms with van der Waals surface area (Å²) in [5.41, 5.74) is -0.293. The summed E-state index contributed by atoms with van der Waals surface area (Å²) >= 11 is 0.